The molecule has 20 heavy (non-hydrogen) atoms. The monoisotopic (exact) mass is 289 g/mol. The first-order chi connectivity index (χ1) is 9.27. The molecular formula is C12H14F3N3O2. The lowest BCUT2D eigenvalue weighted by atomic mass is 9.82. The molecule has 1 aliphatic carbocycles. The fourth-order valence-corrected chi connectivity index (χ4v) is 2.06. The number of aliphatic hydroxyl groups excluding tert-OH is 1. The summed E-state index contributed by atoms with van der Waals surface area (Å²) in [7, 11) is 0. The zero-order chi connectivity index (χ0) is 14.9. The minimum Gasteiger partial charge on any atom is -0.393 e. The Kier molecular flexibility index (Phi) is 3.85. The van der Waals surface area contributed by atoms with Gasteiger partial charge in [-0.1, -0.05) is 0 Å². The molecule has 5 nitrogen and oxygen atoms in total. The van der Waals surface area contributed by atoms with Crippen LogP contribution in [0, 0.1) is 5.92 Å². The van der Waals surface area contributed by atoms with E-state index in [1.807, 2.05) is 0 Å². The summed E-state index contributed by atoms with van der Waals surface area (Å²) in [5.74, 6) is -0.863. The quantitative estimate of drug-likeness (QED) is 0.781. The van der Waals surface area contributed by atoms with Crippen molar-refractivity contribution in [1.82, 2.24) is 4.98 Å². The van der Waals surface area contributed by atoms with Crippen molar-refractivity contribution in [3.05, 3.63) is 23.4 Å². The number of aliphatic hydroxyl groups is 1. The number of amides is 1. The van der Waals surface area contributed by atoms with Crippen LogP contribution in [0.25, 0.3) is 0 Å². The molecule has 1 aliphatic rings. The number of nitrogens with one attached hydrogen (secondary N) is 1. The molecule has 1 amide bonds. The molecule has 8 heteroatoms. The van der Waals surface area contributed by atoms with Crippen LogP contribution in [0.4, 0.5) is 19.0 Å². The molecule has 1 aromatic rings. The zero-order valence-electron chi connectivity index (χ0n) is 10.4. The van der Waals surface area contributed by atoms with Crippen molar-refractivity contribution in [3.63, 3.8) is 0 Å². The average Bonchev–Trinajstić information content (AvgIpc) is 2.31. The Morgan fingerprint density at radius 2 is 2.10 bits per heavy atom. The highest BCUT2D eigenvalue weighted by molar-refractivity contribution is 5.97. The first-order valence-electron chi connectivity index (χ1n) is 6.07. The van der Waals surface area contributed by atoms with E-state index in [1.54, 1.807) is 0 Å². The highest BCUT2D eigenvalue weighted by atomic mass is 19.4. The van der Waals surface area contributed by atoms with Crippen molar-refractivity contribution in [3.8, 4) is 0 Å². The number of aromatic nitrogens is 1. The van der Waals surface area contributed by atoms with E-state index in [2.05, 4.69) is 10.3 Å². The molecule has 1 heterocycles. The molecule has 4 N–H and O–H groups in total. The number of hydrogen-bond acceptors (Lipinski definition) is 4. The maximum Gasteiger partial charge on any atom is 0.433 e. The lowest BCUT2D eigenvalue weighted by Gasteiger charge is -2.31. The lowest BCUT2D eigenvalue weighted by molar-refractivity contribution is -0.141. The van der Waals surface area contributed by atoms with Gasteiger partial charge in [-0.3, -0.25) is 4.79 Å². The van der Waals surface area contributed by atoms with Gasteiger partial charge in [0.05, 0.1) is 11.7 Å². The van der Waals surface area contributed by atoms with Crippen molar-refractivity contribution in [2.45, 2.75) is 25.1 Å². The van der Waals surface area contributed by atoms with E-state index in [4.69, 9.17) is 10.8 Å². The van der Waals surface area contributed by atoms with Crippen LogP contribution < -0.4 is 11.1 Å². The maximum atomic E-state index is 12.6. The average molecular weight is 289 g/mol. The van der Waals surface area contributed by atoms with E-state index in [-0.39, 0.29) is 23.4 Å². The summed E-state index contributed by atoms with van der Waals surface area (Å²) < 4.78 is 37.8. The van der Waals surface area contributed by atoms with E-state index < -0.39 is 17.8 Å². The van der Waals surface area contributed by atoms with Gasteiger partial charge in [0.2, 0.25) is 0 Å². The van der Waals surface area contributed by atoms with Gasteiger partial charge in [-0.2, -0.15) is 13.2 Å². The van der Waals surface area contributed by atoms with E-state index in [9.17, 15) is 18.0 Å². The molecule has 0 radical (unpaired) electrons. The number of carbonyl (C=O) groups is 1. The largest absolute Gasteiger partial charge is 0.433 e. The molecule has 0 aliphatic heterocycles. The van der Waals surface area contributed by atoms with E-state index >= 15 is 0 Å². The molecule has 0 saturated heterocycles. The SMILES string of the molecule is NC(=O)c1ccc(C(F)(F)F)nc1NCC1CC(O)C1. The summed E-state index contributed by atoms with van der Waals surface area (Å²) in [6.07, 6.45) is -3.78. The highest BCUT2D eigenvalue weighted by Gasteiger charge is 2.34. The number of carbonyl (C=O) groups excluding carboxylic acids is 1. The number of nitrogens with two attached hydrogens (primary N) is 1. The summed E-state index contributed by atoms with van der Waals surface area (Å²) in [6.45, 7) is 0.339. The van der Waals surface area contributed by atoms with Crippen molar-refractivity contribution < 1.29 is 23.1 Å². The van der Waals surface area contributed by atoms with Gasteiger partial charge in [-0.25, -0.2) is 4.98 Å². The number of halogens is 3. The van der Waals surface area contributed by atoms with Crippen molar-refractivity contribution in [1.29, 1.82) is 0 Å². The maximum absolute atomic E-state index is 12.6. The second-order valence-electron chi connectivity index (χ2n) is 4.83. The van der Waals surface area contributed by atoms with Crippen LogP contribution >= 0.6 is 0 Å². The van der Waals surface area contributed by atoms with Gasteiger partial charge >= 0.3 is 6.18 Å². The Hall–Kier alpha value is -1.83. The van der Waals surface area contributed by atoms with Crippen molar-refractivity contribution >= 4 is 11.7 Å². The van der Waals surface area contributed by atoms with Crippen LogP contribution in [0.3, 0.4) is 0 Å². The molecule has 1 fully saturated rings. The first kappa shape index (κ1) is 14.6. The normalized spacial score (nSPS) is 22.2. The number of pyridine rings is 1. The van der Waals surface area contributed by atoms with Crippen molar-refractivity contribution in [2.24, 2.45) is 11.7 Å². The van der Waals surface area contributed by atoms with E-state index in [0.717, 1.165) is 12.1 Å². The fraction of sp³-hybridized carbons (Fsp3) is 0.500. The predicted molar refractivity (Wildman–Crippen MR) is 65.0 cm³/mol. The van der Waals surface area contributed by atoms with Gasteiger partial charge in [0.15, 0.2) is 0 Å². The van der Waals surface area contributed by atoms with Gasteiger partial charge in [-0.05, 0) is 30.9 Å². The minimum absolute atomic E-state index is 0.0853. The minimum atomic E-state index is -4.58. The molecule has 0 spiro atoms. The number of anilines is 1. The second-order valence-corrected chi connectivity index (χ2v) is 4.83. The number of alkyl halides is 3. The summed E-state index contributed by atoms with van der Waals surface area (Å²) in [6, 6.07) is 1.73. The van der Waals surface area contributed by atoms with Gasteiger partial charge < -0.3 is 16.2 Å². The van der Waals surface area contributed by atoms with Gasteiger partial charge in [0.25, 0.3) is 5.91 Å². The topological polar surface area (TPSA) is 88.2 Å². The first-order valence-corrected chi connectivity index (χ1v) is 6.07. The van der Waals surface area contributed by atoms with Crippen LogP contribution in [0.5, 0.6) is 0 Å². The summed E-state index contributed by atoms with van der Waals surface area (Å²) in [5.41, 5.74) is 3.94. The van der Waals surface area contributed by atoms with Crippen LogP contribution in [-0.2, 0) is 6.18 Å². The van der Waals surface area contributed by atoms with Gasteiger partial charge in [0, 0.05) is 6.54 Å². The fourth-order valence-electron chi connectivity index (χ4n) is 2.06. The van der Waals surface area contributed by atoms with Gasteiger partial charge in [0.1, 0.15) is 11.5 Å². The van der Waals surface area contributed by atoms with Crippen molar-refractivity contribution in [2.75, 3.05) is 11.9 Å². The third-order valence-corrected chi connectivity index (χ3v) is 3.22. The predicted octanol–water partition coefficient (Wildman–Crippen LogP) is 1.38. The molecule has 2 rings (SSSR count). The number of nitrogens with zero attached hydrogens (tertiary/aromatic N) is 1. The van der Waals surface area contributed by atoms with E-state index in [1.165, 1.54) is 0 Å². The highest BCUT2D eigenvalue weighted by Crippen LogP contribution is 2.31. The van der Waals surface area contributed by atoms with Crippen LogP contribution in [-0.4, -0.2) is 28.6 Å². The van der Waals surface area contributed by atoms with Crippen LogP contribution in [0.15, 0.2) is 12.1 Å². The Bertz CT molecular complexity index is 513. The number of primary amides is 1. The third kappa shape index (κ3) is 3.19. The smallest absolute Gasteiger partial charge is 0.393 e. The Morgan fingerprint density at radius 3 is 2.60 bits per heavy atom. The summed E-state index contributed by atoms with van der Waals surface area (Å²) in [4.78, 5) is 14.6. The Labute approximate surface area is 113 Å². The molecule has 0 bridgehead atoms. The summed E-state index contributed by atoms with van der Waals surface area (Å²) >= 11 is 0. The number of hydrogen-bond donors (Lipinski definition) is 3. The van der Waals surface area contributed by atoms with E-state index in [0.29, 0.717) is 19.4 Å². The van der Waals surface area contributed by atoms with Crippen LogP contribution in [0.2, 0.25) is 0 Å². The summed E-state index contributed by atoms with van der Waals surface area (Å²) in [5, 5.41) is 11.8. The second kappa shape index (κ2) is 5.28. The molecular weight excluding hydrogens is 275 g/mol. The molecule has 0 unspecified atom stereocenters. The lowest BCUT2D eigenvalue weighted by Crippen LogP contribution is -2.33. The Morgan fingerprint density at radius 1 is 1.45 bits per heavy atom. The third-order valence-electron chi connectivity index (χ3n) is 3.22. The molecule has 0 aromatic carbocycles. The van der Waals surface area contributed by atoms with Crippen LogP contribution in [0.1, 0.15) is 28.9 Å². The standard InChI is InChI=1S/C12H14F3N3O2/c13-12(14,15)9-2-1-8(10(16)20)11(18-9)17-5-6-3-7(19)4-6/h1-2,6-7,19H,3-5H2,(H2,16,20)(H,17,18). The molecule has 0 atom stereocenters. The number of rotatable bonds is 4. The van der Waals surface area contributed by atoms with Gasteiger partial charge in [-0.15, -0.1) is 0 Å². The molecule has 1 saturated carbocycles. The molecule has 110 valence electrons. The molecule has 1 aromatic heterocycles. The zero-order valence-corrected chi connectivity index (χ0v) is 10.4. The Balaban J connectivity index is 2.16.